The maximum atomic E-state index is 13.3. The van der Waals surface area contributed by atoms with Crippen molar-refractivity contribution >= 4 is 5.91 Å². The van der Waals surface area contributed by atoms with Crippen molar-refractivity contribution < 1.29 is 13.9 Å². The minimum absolute atomic E-state index is 0.163. The number of hydrogen-bond acceptors (Lipinski definition) is 3. The summed E-state index contributed by atoms with van der Waals surface area (Å²) >= 11 is 0. The van der Waals surface area contributed by atoms with E-state index in [-0.39, 0.29) is 17.5 Å². The van der Waals surface area contributed by atoms with Gasteiger partial charge in [0.05, 0.1) is 6.54 Å². The summed E-state index contributed by atoms with van der Waals surface area (Å²) in [6.07, 6.45) is 2.21. The number of benzene rings is 1. The Kier molecular flexibility index (Phi) is 5.35. The Hall–Kier alpha value is -1.62. The molecule has 0 radical (unpaired) electrons. The van der Waals surface area contributed by atoms with Gasteiger partial charge < -0.3 is 9.64 Å². The molecule has 0 saturated carbocycles. The fourth-order valence-corrected chi connectivity index (χ4v) is 2.25. The van der Waals surface area contributed by atoms with Gasteiger partial charge in [-0.05, 0) is 32.0 Å². The van der Waals surface area contributed by atoms with Crippen molar-refractivity contribution in [2.45, 2.75) is 12.8 Å². The summed E-state index contributed by atoms with van der Waals surface area (Å²) in [7, 11) is 1.87. The summed E-state index contributed by atoms with van der Waals surface area (Å²) in [5, 5.41) is 0. The first-order chi connectivity index (χ1) is 9.66. The standard InChI is InChI=1S/C15H21FN2O2/c1-17(12-15(19)18-8-4-5-9-18)10-11-20-14-7-3-2-6-13(14)16/h2-3,6-7H,4-5,8-12H2,1H3. The predicted octanol–water partition coefficient (Wildman–Crippen LogP) is 1.76. The molecule has 1 fully saturated rings. The molecule has 110 valence electrons. The first-order valence-electron chi connectivity index (χ1n) is 7.00. The number of ether oxygens (including phenoxy) is 1. The van der Waals surface area contributed by atoms with Gasteiger partial charge in [-0.1, -0.05) is 12.1 Å². The molecule has 5 heteroatoms. The van der Waals surface area contributed by atoms with Crippen LogP contribution < -0.4 is 4.74 Å². The lowest BCUT2D eigenvalue weighted by Gasteiger charge is -2.21. The Bertz CT molecular complexity index is 447. The summed E-state index contributed by atoms with van der Waals surface area (Å²) in [5.74, 6) is 0.0611. The van der Waals surface area contributed by atoms with Crippen molar-refractivity contribution in [1.82, 2.24) is 9.80 Å². The largest absolute Gasteiger partial charge is 0.489 e. The number of para-hydroxylation sites is 1. The molecule has 4 nitrogen and oxygen atoms in total. The Labute approximate surface area is 119 Å². The summed E-state index contributed by atoms with van der Waals surface area (Å²) < 4.78 is 18.7. The molecule has 0 atom stereocenters. The number of rotatable bonds is 6. The lowest BCUT2D eigenvalue weighted by Crippen LogP contribution is -2.38. The molecule has 20 heavy (non-hydrogen) atoms. The van der Waals surface area contributed by atoms with Crippen molar-refractivity contribution in [1.29, 1.82) is 0 Å². The minimum atomic E-state index is -0.358. The van der Waals surface area contributed by atoms with E-state index in [1.54, 1.807) is 18.2 Å². The summed E-state index contributed by atoms with van der Waals surface area (Å²) in [6, 6.07) is 6.34. The molecule has 2 rings (SSSR count). The van der Waals surface area contributed by atoms with Crippen LogP contribution >= 0.6 is 0 Å². The molecule has 0 spiro atoms. The van der Waals surface area contributed by atoms with Gasteiger partial charge >= 0.3 is 0 Å². The van der Waals surface area contributed by atoms with E-state index in [9.17, 15) is 9.18 Å². The van der Waals surface area contributed by atoms with E-state index in [1.165, 1.54) is 6.07 Å². The Morgan fingerprint density at radius 2 is 2.05 bits per heavy atom. The maximum Gasteiger partial charge on any atom is 0.236 e. The highest BCUT2D eigenvalue weighted by molar-refractivity contribution is 5.78. The number of carbonyl (C=O) groups is 1. The number of halogens is 1. The number of carbonyl (C=O) groups excluding carboxylic acids is 1. The quantitative estimate of drug-likeness (QED) is 0.796. The summed E-state index contributed by atoms with van der Waals surface area (Å²) in [5.41, 5.74) is 0. The first kappa shape index (κ1) is 14.8. The lowest BCUT2D eigenvalue weighted by molar-refractivity contribution is -0.131. The average molecular weight is 280 g/mol. The highest BCUT2D eigenvalue weighted by Gasteiger charge is 2.18. The van der Waals surface area contributed by atoms with Crippen LogP contribution in [0.15, 0.2) is 24.3 Å². The molecule has 1 saturated heterocycles. The van der Waals surface area contributed by atoms with E-state index in [1.807, 2.05) is 16.8 Å². The zero-order valence-electron chi connectivity index (χ0n) is 11.8. The van der Waals surface area contributed by atoms with E-state index < -0.39 is 0 Å². The maximum absolute atomic E-state index is 13.3. The van der Waals surface area contributed by atoms with Gasteiger partial charge in [-0.3, -0.25) is 9.69 Å². The number of likely N-dealkylation sites (tertiary alicyclic amines) is 1. The zero-order chi connectivity index (χ0) is 14.4. The fourth-order valence-electron chi connectivity index (χ4n) is 2.25. The minimum Gasteiger partial charge on any atom is -0.489 e. The van der Waals surface area contributed by atoms with Crippen molar-refractivity contribution in [3.8, 4) is 5.75 Å². The average Bonchev–Trinajstić information content (AvgIpc) is 2.95. The van der Waals surface area contributed by atoms with Gasteiger partial charge in [0.2, 0.25) is 5.91 Å². The Morgan fingerprint density at radius 1 is 1.35 bits per heavy atom. The molecular weight excluding hydrogens is 259 g/mol. The fraction of sp³-hybridized carbons (Fsp3) is 0.533. The molecule has 0 aromatic heterocycles. The SMILES string of the molecule is CN(CCOc1ccccc1F)CC(=O)N1CCCC1. The zero-order valence-corrected chi connectivity index (χ0v) is 11.8. The second-order valence-electron chi connectivity index (χ2n) is 5.10. The van der Waals surface area contributed by atoms with E-state index >= 15 is 0 Å². The highest BCUT2D eigenvalue weighted by atomic mass is 19.1. The van der Waals surface area contributed by atoms with Crippen LogP contribution in [0.2, 0.25) is 0 Å². The monoisotopic (exact) mass is 280 g/mol. The second-order valence-corrected chi connectivity index (χ2v) is 5.10. The molecule has 1 aliphatic rings. The van der Waals surface area contributed by atoms with Crippen LogP contribution in [0, 0.1) is 5.82 Å². The van der Waals surface area contributed by atoms with Crippen LogP contribution in [0.5, 0.6) is 5.75 Å². The van der Waals surface area contributed by atoms with Gasteiger partial charge in [0.1, 0.15) is 6.61 Å². The smallest absolute Gasteiger partial charge is 0.236 e. The molecule has 1 aromatic carbocycles. The van der Waals surface area contributed by atoms with Crippen LogP contribution in [-0.4, -0.2) is 55.5 Å². The van der Waals surface area contributed by atoms with Gasteiger partial charge in [-0.15, -0.1) is 0 Å². The molecule has 0 N–H and O–H groups in total. The molecule has 1 heterocycles. The Morgan fingerprint density at radius 3 is 2.75 bits per heavy atom. The van der Waals surface area contributed by atoms with Crippen LogP contribution in [0.3, 0.4) is 0 Å². The molecule has 0 bridgehead atoms. The molecule has 0 aliphatic carbocycles. The number of likely N-dealkylation sites (N-methyl/N-ethyl adjacent to an activating group) is 1. The number of amides is 1. The third-order valence-corrected chi connectivity index (χ3v) is 3.43. The van der Waals surface area contributed by atoms with E-state index in [4.69, 9.17) is 4.74 Å². The van der Waals surface area contributed by atoms with Crippen LogP contribution in [0.25, 0.3) is 0 Å². The van der Waals surface area contributed by atoms with Gasteiger partial charge in [0.25, 0.3) is 0 Å². The van der Waals surface area contributed by atoms with Gasteiger partial charge in [0.15, 0.2) is 11.6 Å². The third kappa shape index (κ3) is 4.20. The predicted molar refractivity (Wildman–Crippen MR) is 75.2 cm³/mol. The van der Waals surface area contributed by atoms with Crippen LogP contribution in [-0.2, 0) is 4.79 Å². The van der Waals surface area contributed by atoms with Crippen molar-refractivity contribution in [3.63, 3.8) is 0 Å². The number of nitrogens with zero attached hydrogens (tertiary/aromatic N) is 2. The van der Waals surface area contributed by atoms with Gasteiger partial charge in [-0.2, -0.15) is 0 Å². The van der Waals surface area contributed by atoms with Crippen molar-refractivity contribution in [2.75, 3.05) is 39.8 Å². The number of hydrogen-bond donors (Lipinski definition) is 0. The molecule has 1 aliphatic heterocycles. The normalized spacial score (nSPS) is 14.8. The Balaban J connectivity index is 1.68. The van der Waals surface area contributed by atoms with Gasteiger partial charge in [-0.25, -0.2) is 4.39 Å². The topological polar surface area (TPSA) is 32.8 Å². The third-order valence-electron chi connectivity index (χ3n) is 3.43. The van der Waals surface area contributed by atoms with E-state index in [0.29, 0.717) is 19.7 Å². The van der Waals surface area contributed by atoms with Gasteiger partial charge in [0, 0.05) is 19.6 Å². The molecular formula is C15H21FN2O2. The summed E-state index contributed by atoms with van der Waals surface area (Å²) in [4.78, 5) is 15.7. The molecule has 1 amide bonds. The van der Waals surface area contributed by atoms with E-state index in [2.05, 4.69) is 0 Å². The first-order valence-corrected chi connectivity index (χ1v) is 7.00. The van der Waals surface area contributed by atoms with E-state index in [0.717, 1.165) is 25.9 Å². The lowest BCUT2D eigenvalue weighted by atomic mass is 10.3. The second kappa shape index (κ2) is 7.24. The van der Waals surface area contributed by atoms with Crippen molar-refractivity contribution in [2.24, 2.45) is 0 Å². The highest BCUT2D eigenvalue weighted by Crippen LogP contribution is 2.15. The molecule has 0 unspecified atom stereocenters. The van der Waals surface area contributed by atoms with Crippen LogP contribution in [0.4, 0.5) is 4.39 Å². The van der Waals surface area contributed by atoms with Crippen LogP contribution in [0.1, 0.15) is 12.8 Å². The summed E-state index contributed by atoms with van der Waals surface area (Å²) in [6.45, 7) is 3.09. The van der Waals surface area contributed by atoms with Crippen molar-refractivity contribution in [3.05, 3.63) is 30.1 Å². The molecule has 1 aromatic rings.